The number of rotatable bonds is 3. The predicted octanol–water partition coefficient (Wildman–Crippen LogP) is 3.36. The number of aromatic nitrogens is 2. The Morgan fingerprint density at radius 1 is 1.33 bits per heavy atom. The molecule has 0 saturated carbocycles. The second-order valence-electron chi connectivity index (χ2n) is 3.73. The van der Waals surface area contributed by atoms with Gasteiger partial charge in [0.15, 0.2) is 11.6 Å². The first-order valence-corrected chi connectivity index (χ1v) is 5.71. The van der Waals surface area contributed by atoms with Crippen LogP contribution in [-0.4, -0.2) is 17.0 Å². The molecule has 0 atom stereocenters. The highest BCUT2D eigenvalue weighted by atomic mass is 35.5. The molecule has 1 heterocycles. The molecule has 2 rings (SSSR count). The molecule has 1 aromatic carbocycles. The SMILES string of the molecule is CNc1ncc(F)c(Nc2ccc(C)c(Cl)c2)n1. The number of anilines is 3. The average molecular weight is 267 g/mol. The van der Waals surface area contributed by atoms with E-state index in [1.807, 2.05) is 19.1 Å². The molecule has 4 nitrogen and oxygen atoms in total. The lowest BCUT2D eigenvalue weighted by molar-refractivity contribution is 0.619. The molecular weight excluding hydrogens is 255 g/mol. The van der Waals surface area contributed by atoms with Gasteiger partial charge in [-0.25, -0.2) is 9.37 Å². The van der Waals surface area contributed by atoms with Crippen LogP contribution < -0.4 is 10.6 Å². The van der Waals surface area contributed by atoms with Crippen molar-refractivity contribution in [2.75, 3.05) is 17.7 Å². The summed E-state index contributed by atoms with van der Waals surface area (Å²) in [6, 6.07) is 5.38. The molecule has 0 amide bonds. The molecule has 0 aliphatic carbocycles. The monoisotopic (exact) mass is 266 g/mol. The molecule has 0 unspecified atom stereocenters. The van der Waals surface area contributed by atoms with E-state index in [1.54, 1.807) is 13.1 Å². The van der Waals surface area contributed by atoms with Gasteiger partial charge in [0.1, 0.15) is 0 Å². The number of nitrogens with zero attached hydrogens (tertiary/aromatic N) is 2. The molecule has 2 N–H and O–H groups in total. The van der Waals surface area contributed by atoms with Crippen LogP contribution in [0.5, 0.6) is 0 Å². The first-order valence-electron chi connectivity index (χ1n) is 5.33. The van der Waals surface area contributed by atoms with Crippen molar-refractivity contribution in [3.63, 3.8) is 0 Å². The Morgan fingerprint density at radius 2 is 2.11 bits per heavy atom. The lowest BCUT2D eigenvalue weighted by Crippen LogP contribution is -2.03. The maximum absolute atomic E-state index is 13.5. The second-order valence-corrected chi connectivity index (χ2v) is 4.14. The Kier molecular flexibility index (Phi) is 3.62. The third-order valence-corrected chi connectivity index (χ3v) is 2.81. The van der Waals surface area contributed by atoms with Crippen molar-refractivity contribution in [1.82, 2.24) is 9.97 Å². The van der Waals surface area contributed by atoms with Gasteiger partial charge in [-0.2, -0.15) is 4.98 Å². The van der Waals surface area contributed by atoms with Crippen LogP contribution in [0.15, 0.2) is 24.4 Å². The zero-order valence-corrected chi connectivity index (χ0v) is 10.7. The molecule has 0 spiro atoms. The van der Waals surface area contributed by atoms with Gasteiger partial charge in [0, 0.05) is 17.8 Å². The second kappa shape index (κ2) is 5.18. The van der Waals surface area contributed by atoms with Gasteiger partial charge < -0.3 is 10.6 Å². The fourth-order valence-electron chi connectivity index (χ4n) is 1.38. The lowest BCUT2D eigenvalue weighted by Gasteiger charge is -2.09. The number of aryl methyl sites for hydroxylation is 1. The minimum atomic E-state index is -0.523. The van der Waals surface area contributed by atoms with E-state index >= 15 is 0 Å². The number of benzene rings is 1. The Balaban J connectivity index is 2.30. The van der Waals surface area contributed by atoms with Gasteiger partial charge in [-0.3, -0.25) is 0 Å². The van der Waals surface area contributed by atoms with Gasteiger partial charge in [0.25, 0.3) is 0 Å². The van der Waals surface area contributed by atoms with E-state index in [4.69, 9.17) is 11.6 Å². The summed E-state index contributed by atoms with van der Waals surface area (Å²) in [7, 11) is 1.67. The van der Waals surface area contributed by atoms with Crippen molar-refractivity contribution in [2.45, 2.75) is 6.92 Å². The summed E-state index contributed by atoms with van der Waals surface area (Å²) in [5.41, 5.74) is 1.63. The zero-order chi connectivity index (χ0) is 13.1. The van der Waals surface area contributed by atoms with Crippen LogP contribution in [0.25, 0.3) is 0 Å². The first-order chi connectivity index (χ1) is 8.60. The topological polar surface area (TPSA) is 49.8 Å². The third-order valence-electron chi connectivity index (χ3n) is 2.40. The van der Waals surface area contributed by atoms with Crippen molar-refractivity contribution in [3.8, 4) is 0 Å². The maximum atomic E-state index is 13.5. The highest BCUT2D eigenvalue weighted by Gasteiger charge is 2.07. The first kappa shape index (κ1) is 12.6. The van der Waals surface area contributed by atoms with Crippen LogP contribution in [0.3, 0.4) is 0 Å². The number of nitrogens with one attached hydrogen (secondary N) is 2. The summed E-state index contributed by atoms with van der Waals surface area (Å²) in [6.45, 7) is 1.90. The molecule has 0 bridgehead atoms. The van der Waals surface area contributed by atoms with Crippen LogP contribution in [0.2, 0.25) is 5.02 Å². The minimum absolute atomic E-state index is 0.106. The van der Waals surface area contributed by atoms with E-state index in [1.165, 1.54) is 0 Å². The third kappa shape index (κ3) is 2.68. The summed E-state index contributed by atoms with van der Waals surface area (Å²) >= 11 is 6.00. The lowest BCUT2D eigenvalue weighted by atomic mass is 10.2. The largest absolute Gasteiger partial charge is 0.357 e. The number of hydrogen-bond donors (Lipinski definition) is 2. The van der Waals surface area contributed by atoms with E-state index < -0.39 is 5.82 Å². The quantitative estimate of drug-likeness (QED) is 0.894. The van der Waals surface area contributed by atoms with E-state index in [0.29, 0.717) is 16.7 Å². The van der Waals surface area contributed by atoms with E-state index in [-0.39, 0.29) is 5.82 Å². The van der Waals surface area contributed by atoms with Crippen molar-refractivity contribution in [1.29, 1.82) is 0 Å². The zero-order valence-electron chi connectivity index (χ0n) is 9.96. The van der Waals surface area contributed by atoms with E-state index in [9.17, 15) is 4.39 Å². The fourth-order valence-corrected chi connectivity index (χ4v) is 1.56. The van der Waals surface area contributed by atoms with Crippen molar-refractivity contribution in [2.24, 2.45) is 0 Å². The van der Waals surface area contributed by atoms with Crippen molar-refractivity contribution < 1.29 is 4.39 Å². The molecule has 1 aromatic heterocycles. The van der Waals surface area contributed by atoms with Gasteiger partial charge >= 0.3 is 0 Å². The van der Waals surface area contributed by atoms with Gasteiger partial charge in [0.05, 0.1) is 6.20 Å². The molecule has 94 valence electrons. The van der Waals surface area contributed by atoms with Crippen LogP contribution in [0, 0.1) is 12.7 Å². The highest BCUT2D eigenvalue weighted by molar-refractivity contribution is 6.31. The molecule has 0 radical (unpaired) electrons. The number of hydrogen-bond acceptors (Lipinski definition) is 4. The molecule has 0 aliphatic heterocycles. The summed E-state index contributed by atoms with van der Waals surface area (Å²) in [6.07, 6.45) is 1.11. The molecule has 2 aromatic rings. The van der Waals surface area contributed by atoms with E-state index in [2.05, 4.69) is 20.6 Å². The number of halogens is 2. The maximum Gasteiger partial charge on any atom is 0.224 e. The average Bonchev–Trinajstić information content (AvgIpc) is 2.36. The summed E-state index contributed by atoms with van der Waals surface area (Å²) < 4.78 is 13.5. The van der Waals surface area contributed by atoms with Gasteiger partial charge in [-0.05, 0) is 24.6 Å². The van der Waals surface area contributed by atoms with Gasteiger partial charge in [0.2, 0.25) is 5.95 Å². The normalized spacial score (nSPS) is 10.2. The predicted molar refractivity (Wildman–Crippen MR) is 71.0 cm³/mol. The minimum Gasteiger partial charge on any atom is -0.357 e. The van der Waals surface area contributed by atoms with Crippen LogP contribution in [-0.2, 0) is 0 Å². The van der Waals surface area contributed by atoms with E-state index in [0.717, 1.165) is 11.8 Å². The summed E-state index contributed by atoms with van der Waals surface area (Å²) in [4.78, 5) is 7.75. The van der Waals surface area contributed by atoms with Gasteiger partial charge in [-0.15, -0.1) is 0 Å². The molecule has 0 fully saturated rings. The van der Waals surface area contributed by atoms with Crippen LogP contribution >= 0.6 is 11.6 Å². The van der Waals surface area contributed by atoms with Gasteiger partial charge in [-0.1, -0.05) is 17.7 Å². The fraction of sp³-hybridized carbons (Fsp3) is 0.167. The smallest absolute Gasteiger partial charge is 0.224 e. The Bertz CT molecular complexity index is 574. The summed E-state index contributed by atoms with van der Waals surface area (Å²) in [5, 5.41) is 6.22. The Hall–Kier alpha value is -1.88. The van der Waals surface area contributed by atoms with Crippen LogP contribution in [0.1, 0.15) is 5.56 Å². The molecule has 0 saturated heterocycles. The highest BCUT2D eigenvalue weighted by Crippen LogP contribution is 2.23. The molecule has 18 heavy (non-hydrogen) atoms. The molecule has 6 heteroatoms. The Labute approximate surface area is 109 Å². The van der Waals surface area contributed by atoms with Crippen molar-refractivity contribution >= 4 is 29.1 Å². The molecule has 0 aliphatic rings. The standard InChI is InChI=1S/C12H12ClFN4/c1-7-3-4-8(5-9(7)13)17-11-10(14)6-16-12(15-2)18-11/h3-6H,1-2H3,(H2,15,16,17,18). The van der Waals surface area contributed by atoms with Crippen LogP contribution in [0.4, 0.5) is 21.8 Å². The molecular formula is C12H12ClFN4. The summed E-state index contributed by atoms with van der Waals surface area (Å²) in [5.74, 6) is -0.0722. The van der Waals surface area contributed by atoms with Crippen molar-refractivity contribution in [3.05, 3.63) is 40.8 Å². The Morgan fingerprint density at radius 3 is 2.78 bits per heavy atom.